The quantitative estimate of drug-likeness (QED) is 0.186. The van der Waals surface area contributed by atoms with Gasteiger partial charge in [0.05, 0.1) is 10.7 Å². The lowest BCUT2D eigenvalue weighted by Gasteiger charge is -2.44. The van der Waals surface area contributed by atoms with Crippen molar-refractivity contribution in [2.45, 2.75) is 55.5 Å². The topological polar surface area (TPSA) is 156 Å². The summed E-state index contributed by atoms with van der Waals surface area (Å²) >= 11 is 9.95. The summed E-state index contributed by atoms with van der Waals surface area (Å²) in [5, 5.41) is 16.6. The number of rotatable bonds is 8. The van der Waals surface area contributed by atoms with Gasteiger partial charge in [0.15, 0.2) is 17.9 Å². The van der Waals surface area contributed by atoms with Crippen molar-refractivity contribution in [1.29, 1.82) is 5.26 Å². The summed E-state index contributed by atoms with van der Waals surface area (Å²) in [6.07, 6.45) is -0.849. The smallest absolute Gasteiger partial charge is 0.303 e. The SMILES string of the molecule is CC(=O)OCC1OC(Sc2cnc(C#N)c(Br)c2)C(OC(C)=O)C(n2cc(-c3cc(F)c(Cl)c(F)c3)nn2)C1OC(C)=O. The second-order valence-corrected chi connectivity index (χ2v) is 11.5. The van der Waals surface area contributed by atoms with Crippen LogP contribution in [0.15, 0.2) is 40.0 Å². The van der Waals surface area contributed by atoms with Crippen molar-refractivity contribution >= 4 is 57.2 Å². The number of ether oxygens (including phenoxy) is 4. The molecule has 226 valence electrons. The molecule has 0 spiro atoms. The van der Waals surface area contributed by atoms with Crippen LogP contribution in [-0.2, 0) is 33.3 Å². The highest BCUT2D eigenvalue weighted by Crippen LogP contribution is 2.42. The Morgan fingerprint density at radius 3 is 2.35 bits per heavy atom. The first kappa shape index (κ1) is 32.3. The number of benzene rings is 1. The standard InChI is InChI=1S/C26H21BrClF2N5O7S/c1-11(36)39-10-21-24(40-12(2)37)23(35-9-20(33-34-35)14-4-17(29)22(28)18(30)5-14)25(41-13(3)38)26(42-21)43-15-6-16(27)19(7-31)32-8-15/h4-6,8-9,21,23-26H,10H2,1-3H3. The number of pyridine rings is 1. The number of carbonyl (C=O) groups excluding carboxylic acids is 3. The highest BCUT2D eigenvalue weighted by Gasteiger charge is 2.52. The summed E-state index contributed by atoms with van der Waals surface area (Å²) in [4.78, 5) is 40.8. The zero-order valence-electron chi connectivity index (χ0n) is 22.5. The molecule has 1 saturated heterocycles. The molecule has 4 rings (SSSR count). The second kappa shape index (κ2) is 13.8. The average Bonchev–Trinajstić information content (AvgIpc) is 3.41. The fraction of sp³-hybridized carbons (Fsp3) is 0.346. The number of carbonyl (C=O) groups is 3. The first-order valence-electron chi connectivity index (χ1n) is 12.3. The minimum atomic E-state index is -1.25. The summed E-state index contributed by atoms with van der Waals surface area (Å²) < 4.78 is 52.7. The van der Waals surface area contributed by atoms with Crippen molar-refractivity contribution in [3.05, 3.63) is 57.4 Å². The lowest BCUT2D eigenvalue weighted by atomic mass is 9.96. The lowest BCUT2D eigenvalue weighted by Crippen LogP contribution is -2.57. The number of nitriles is 1. The molecule has 0 radical (unpaired) electrons. The van der Waals surface area contributed by atoms with Crippen molar-refractivity contribution in [3.8, 4) is 17.3 Å². The molecule has 0 N–H and O–H groups in total. The Morgan fingerprint density at radius 2 is 1.77 bits per heavy atom. The van der Waals surface area contributed by atoms with Gasteiger partial charge in [0.2, 0.25) is 0 Å². The molecule has 2 aromatic heterocycles. The van der Waals surface area contributed by atoms with Gasteiger partial charge < -0.3 is 18.9 Å². The molecule has 1 aliphatic heterocycles. The van der Waals surface area contributed by atoms with Crippen LogP contribution in [0, 0.1) is 23.0 Å². The summed E-state index contributed by atoms with van der Waals surface area (Å²) in [5.74, 6) is -4.13. The predicted molar refractivity (Wildman–Crippen MR) is 148 cm³/mol. The third kappa shape index (κ3) is 7.66. The highest BCUT2D eigenvalue weighted by molar-refractivity contribution is 9.10. The molecule has 0 aliphatic carbocycles. The Balaban J connectivity index is 1.82. The molecule has 1 aromatic carbocycles. The van der Waals surface area contributed by atoms with Gasteiger partial charge in [-0.25, -0.2) is 18.4 Å². The number of hydrogen-bond donors (Lipinski definition) is 0. The van der Waals surface area contributed by atoms with E-state index in [1.165, 1.54) is 24.0 Å². The van der Waals surface area contributed by atoms with Gasteiger partial charge in [0.1, 0.15) is 52.6 Å². The fourth-order valence-electron chi connectivity index (χ4n) is 4.24. The van der Waals surface area contributed by atoms with Crippen LogP contribution >= 0.6 is 39.3 Å². The molecule has 0 bridgehead atoms. The van der Waals surface area contributed by atoms with Crippen LogP contribution < -0.4 is 0 Å². The highest BCUT2D eigenvalue weighted by atomic mass is 79.9. The van der Waals surface area contributed by atoms with E-state index in [1.807, 2.05) is 6.07 Å². The Kier molecular flexibility index (Phi) is 10.3. The summed E-state index contributed by atoms with van der Waals surface area (Å²) in [6, 6.07) is 4.34. The molecule has 17 heteroatoms. The first-order valence-corrected chi connectivity index (χ1v) is 14.3. The number of hydrogen-bond acceptors (Lipinski definition) is 12. The van der Waals surface area contributed by atoms with E-state index in [1.54, 1.807) is 6.07 Å². The molecule has 43 heavy (non-hydrogen) atoms. The van der Waals surface area contributed by atoms with Gasteiger partial charge in [-0.15, -0.1) is 5.10 Å². The van der Waals surface area contributed by atoms with E-state index >= 15 is 0 Å². The van der Waals surface area contributed by atoms with Gasteiger partial charge in [-0.05, 0) is 34.1 Å². The van der Waals surface area contributed by atoms with Crippen molar-refractivity contribution in [3.63, 3.8) is 0 Å². The molecule has 5 unspecified atom stereocenters. The molecule has 5 atom stereocenters. The Bertz CT molecular complexity index is 1580. The number of nitrogens with zero attached hydrogens (tertiary/aromatic N) is 5. The number of esters is 3. The normalized spacial score (nSPS) is 21.5. The van der Waals surface area contributed by atoms with Crippen molar-refractivity contribution in [1.82, 2.24) is 20.0 Å². The van der Waals surface area contributed by atoms with Crippen LogP contribution in [0.25, 0.3) is 11.3 Å². The van der Waals surface area contributed by atoms with Crippen LogP contribution in [0.3, 0.4) is 0 Å². The van der Waals surface area contributed by atoms with E-state index in [2.05, 4.69) is 31.2 Å². The van der Waals surface area contributed by atoms with E-state index in [9.17, 15) is 28.4 Å². The zero-order chi connectivity index (χ0) is 31.4. The molecular weight excluding hydrogens is 680 g/mol. The lowest BCUT2D eigenvalue weighted by molar-refractivity contribution is -0.212. The second-order valence-electron chi connectivity index (χ2n) is 9.05. The van der Waals surface area contributed by atoms with Crippen molar-refractivity contribution in [2.24, 2.45) is 0 Å². The molecule has 3 aromatic rings. The Morgan fingerprint density at radius 1 is 1.12 bits per heavy atom. The van der Waals surface area contributed by atoms with Crippen molar-refractivity contribution in [2.75, 3.05) is 6.61 Å². The Labute approximate surface area is 260 Å². The van der Waals surface area contributed by atoms with Crippen molar-refractivity contribution < 1.29 is 42.1 Å². The van der Waals surface area contributed by atoms with Gasteiger partial charge >= 0.3 is 17.9 Å². The van der Waals surface area contributed by atoms with E-state index in [0.717, 1.165) is 37.7 Å². The third-order valence-corrected chi connectivity index (χ3v) is 8.01. The predicted octanol–water partition coefficient (Wildman–Crippen LogP) is 4.39. The fourth-order valence-corrected chi connectivity index (χ4v) is 6.05. The van der Waals surface area contributed by atoms with Crippen LogP contribution in [0.1, 0.15) is 32.5 Å². The minimum absolute atomic E-state index is 0.00155. The van der Waals surface area contributed by atoms with Crippen LogP contribution in [0.4, 0.5) is 8.78 Å². The van der Waals surface area contributed by atoms with Crippen LogP contribution in [0.2, 0.25) is 5.02 Å². The van der Waals surface area contributed by atoms with Crippen LogP contribution in [-0.4, -0.2) is 68.2 Å². The zero-order valence-corrected chi connectivity index (χ0v) is 25.7. The largest absolute Gasteiger partial charge is 0.463 e. The summed E-state index contributed by atoms with van der Waals surface area (Å²) in [6.45, 7) is 3.13. The third-order valence-electron chi connectivity index (χ3n) is 5.94. The Hall–Kier alpha value is -3.65. The average molecular weight is 701 g/mol. The minimum Gasteiger partial charge on any atom is -0.463 e. The van der Waals surface area contributed by atoms with Gasteiger partial charge in [-0.2, -0.15) is 5.26 Å². The van der Waals surface area contributed by atoms with Gasteiger partial charge in [-0.3, -0.25) is 14.4 Å². The molecule has 0 amide bonds. The monoisotopic (exact) mass is 699 g/mol. The van der Waals surface area contributed by atoms with E-state index in [4.69, 9.17) is 30.5 Å². The molecule has 3 heterocycles. The number of aromatic nitrogens is 4. The molecule has 0 saturated carbocycles. The maximum atomic E-state index is 14.2. The van der Waals surface area contributed by atoms with Crippen LogP contribution in [0.5, 0.6) is 0 Å². The number of halogens is 4. The van der Waals surface area contributed by atoms with Gasteiger partial charge in [0.25, 0.3) is 0 Å². The maximum absolute atomic E-state index is 14.2. The van der Waals surface area contributed by atoms with E-state index in [-0.39, 0.29) is 23.6 Å². The molecule has 12 nitrogen and oxygen atoms in total. The van der Waals surface area contributed by atoms with Gasteiger partial charge in [0, 0.05) is 37.4 Å². The molecular formula is C26H21BrClF2N5O7S. The maximum Gasteiger partial charge on any atom is 0.303 e. The molecule has 1 fully saturated rings. The number of thioether (sulfide) groups is 1. The summed E-state index contributed by atoms with van der Waals surface area (Å²) in [5.41, 5.74) is -0.885. The molecule has 1 aliphatic rings. The first-order chi connectivity index (χ1) is 20.4. The van der Waals surface area contributed by atoms with Gasteiger partial charge in [-0.1, -0.05) is 28.6 Å². The van der Waals surface area contributed by atoms with E-state index in [0.29, 0.717) is 9.37 Å². The summed E-state index contributed by atoms with van der Waals surface area (Å²) in [7, 11) is 0. The van der Waals surface area contributed by atoms with E-state index < -0.39 is 64.4 Å².